The molecule has 0 saturated carbocycles. The fourth-order valence-corrected chi connectivity index (χ4v) is 2.64. The molecule has 8 heteroatoms. The third-order valence-corrected chi connectivity index (χ3v) is 4.10. The number of ether oxygens (including phenoxy) is 2. The van der Waals surface area contributed by atoms with Gasteiger partial charge in [0.1, 0.15) is 11.0 Å². The predicted molar refractivity (Wildman–Crippen MR) is 80.3 cm³/mol. The van der Waals surface area contributed by atoms with Crippen LogP contribution in [0.5, 0.6) is 0 Å². The van der Waals surface area contributed by atoms with Gasteiger partial charge in [0.15, 0.2) is 0 Å². The minimum atomic E-state index is -0.518. The van der Waals surface area contributed by atoms with Crippen LogP contribution in [0.4, 0.5) is 5.69 Å². The molecular formula is C13H18BrN3O4. The second-order valence-electron chi connectivity index (χ2n) is 4.96. The van der Waals surface area contributed by atoms with Crippen molar-refractivity contribution in [1.29, 1.82) is 0 Å². The van der Waals surface area contributed by atoms with Crippen molar-refractivity contribution in [3.63, 3.8) is 0 Å². The van der Waals surface area contributed by atoms with Crippen molar-refractivity contribution in [2.75, 3.05) is 19.0 Å². The molecule has 1 aromatic rings. The molecule has 1 fully saturated rings. The molecule has 0 bridgehead atoms. The zero-order valence-electron chi connectivity index (χ0n) is 12.0. The van der Waals surface area contributed by atoms with E-state index in [-0.39, 0.29) is 24.2 Å². The molecule has 2 rings (SSSR count). The van der Waals surface area contributed by atoms with Gasteiger partial charge in [-0.1, -0.05) is 0 Å². The minimum Gasteiger partial charge on any atom is -0.468 e. The van der Waals surface area contributed by atoms with E-state index in [9.17, 15) is 9.59 Å². The van der Waals surface area contributed by atoms with Gasteiger partial charge in [-0.2, -0.15) is 5.10 Å². The van der Waals surface area contributed by atoms with E-state index in [1.165, 1.54) is 13.3 Å². The Balaban J connectivity index is 2.13. The van der Waals surface area contributed by atoms with E-state index in [4.69, 9.17) is 4.74 Å². The lowest BCUT2D eigenvalue weighted by Gasteiger charge is -2.28. The highest BCUT2D eigenvalue weighted by Gasteiger charge is 2.21. The number of halogens is 1. The number of nitrogens with one attached hydrogen (secondary N) is 1. The number of hydrogen-bond donors (Lipinski definition) is 1. The number of carbonyl (C=O) groups is 1. The first kappa shape index (κ1) is 16.0. The van der Waals surface area contributed by atoms with E-state index < -0.39 is 5.97 Å². The van der Waals surface area contributed by atoms with Crippen LogP contribution in [0.15, 0.2) is 15.5 Å². The number of methoxy groups -OCH3 is 1. The number of carbonyl (C=O) groups excluding carboxylic acids is 1. The van der Waals surface area contributed by atoms with Crippen LogP contribution in [0.1, 0.15) is 19.8 Å². The maximum absolute atomic E-state index is 12.1. The maximum atomic E-state index is 12.1. The Bertz CT molecular complexity index is 575. The SMILES string of the molecule is COC(=O)Cn1ncc(NC2CCOC(C)C2)c(Br)c1=O. The van der Waals surface area contributed by atoms with Crippen LogP contribution in [0, 0.1) is 0 Å². The maximum Gasteiger partial charge on any atom is 0.327 e. The smallest absolute Gasteiger partial charge is 0.327 e. The molecule has 0 aromatic carbocycles. The molecule has 2 atom stereocenters. The van der Waals surface area contributed by atoms with E-state index in [1.807, 2.05) is 6.92 Å². The molecule has 2 unspecified atom stereocenters. The van der Waals surface area contributed by atoms with Gasteiger partial charge in [0, 0.05) is 12.6 Å². The largest absolute Gasteiger partial charge is 0.468 e. The molecule has 1 aromatic heterocycles. The molecule has 2 heterocycles. The standard InChI is InChI=1S/C13H18BrN3O4/c1-8-5-9(3-4-21-8)16-10-6-15-17(7-11(18)20-2)13(19)12(10)14/h6,8-9,16H,3-5,7H2,1-2H3. The lowest BCUT2D eigenvalue weighted by molar-refractivity contribution is -0.141. The molecule has 116 valence electrons. The molecule has 7 nitrogen and oxygen atoms in total. The summed E-state index contributed by atoms with van der Waals surface area (Å²) in [6.07, 6.45) is 3.48. The predicted octanol–water partition coefficient (Wildman–Crippen LogP) is 1.16. The zero-order valence-corrected chi connectivity index (χ0v) is 13.6. The molecule has 1 aliphatic rings. The summed E-state index contributed by atoms with van der Waals surface area (Å²) < 4.78 is 11.4. The number of anilines is 1. The molecule has 0 radical (unpaired) electrons. The number of nitrogens with zero attached hydrogens (tertiary/aromatic N) is 2. The Hall–Kier alpha value is -1.41. The van der Waals surface area contributed by atoms with Gasteiger partial charge in [-0.25, -0.2) is 4.68 Å². The van der Waals surface area contributed by atoms with Crippen molar-refractivity contribution in [2.45, 2.75) is 38.5 Å². The number of hydrogen-bond acceptors (Lipinski definition) is 6. The molecule has 1 N–H and O–H groups in total. The summed E-state index contributed by atoms with van der Waals surface area (Å²) in [7, 11) is 1.27. The van der Waals surface area contributed by atoms with E-state index in [1.54, 1.807) is 0 Å². The molecule has 21 heavy (non-hydrogen) atoms. The normalized spacial score (nSPS) is 21.9. The topological polar surface area (TPSA) is 82.5 Å². The monoisotopic (exact) mass is 359 g/mol. The van der Waals surface area contributed by atoms with Crippen LogP contribution < -0.4 is 10.9 Å². The highest BCUT2D eigenvalue weighted by molar-refractivity contribution is 9.10. The van der Waals surface area contributed by atoms with E-state index >= 15 is 0 Å². The summed E-state index contributed by atoms with van der Waals surface area (Å²) in [4.78, 5) is 23.3. The molecule has 0 amide bonds. The number of esters is 1. The Morgan fingerprint density at radius 1 is 1.67 bits per heavy atom. The second-order valence-corrected chi connectivity index (χ2v) is 5.75. The van der Waals surface area contributed by atoms with Crippen LogP contribution in [0.25, 0.3) is 0 Å². The van der Waals surface area contributed by atoms with Crippen LogP contribution in [0.3, 0.4) is 0 Å². The van der Waals surface area contributed by atoms with Gasteiger partial charge < -0.3 is 14.8 Å². The van der Waals surface area contributed by atoms with Crippen LogP contribution in [-0.4, -0.2) is 41.6 Å². The lowest BCUT2D eigenvalue weighted by atomic mass is 10.0. The zero-order chi connectivity index (χ0) is 15.4. The summed E-state index contributed by atoms with van der Waals surface area (Å²) in [6.45, 7) is 2.52. The Morgan fingerprint density at radius 2 is 2.43 bits per heavy atom. The fraction of sp³-hybridized carbons (Fsp3) is 0.615. The molecular weight excluding hydrogens is 342 g/mol. The highest BCUT2D eigenvalue weighted by atomic mass is 79.9. The van der Waals surface area contributed by atoms with Crippen molar-refractivity contribution in [3.05, 3.63) is 21.0 Å². The molecule has 1 saturated heterocycles. The lowest BCUT2D eigenvalue weighted by Crippen LogP contribution is -2.34. The van der Waals surface area contributed by atoms with Gasteiger partial charge >= 0.3 is 5.97 Å². The second kappa shape index (κ2) is 7.04. The molecule has 0 spiro atoms. The fourth-order valence-electron chi connectivity index (χ4n) is 2.21. The van der Waals surface area contributed by atoms with E-state index in [2.05, 4.69) is 31.1 Å². The van der Waals surface area contributed by atoms with E-state index in [0.717, 1.165) is 17.5 Å². The van der Waals surface area contributed by atoms with Crippen molar-refractivity contribution in [2.24, 2.45) is 0 Å². The quantitative estimate of drug-likeness (QED) is 0.812. The first-order valence-electron chi connectivity index (χ1n) is 6.72. The van der Waals surface area contributed by atoms with Gasteiger partial charge in [0.05, 0.1) is 25.1 Å². The Morgan fingerprint density at radius 3 is 3.10 bits per heavy atom. The van der Waals surface area contributed by atoms with Crippen LogP contribution in [-0.2, 0) is 20.8 Å². The third-order valence-electron chi connectivity index (χ3n) is 3.34. The highest BCUT2D eigenvalue weighted by Crippen LogP contribution is 2.22. The average Bonchev–Trinajstić information content (AvgIpc) is 2.47. The van der Waals surface area contributed by atoms with Gasteiger partial charge in [-0.15, -0.1) is 0 Å². The third kappa shape index (κ3) is 4.04. The van der Waals surface area contributed by atoms with E-state index in [0.29, 0.717) is 16.8 Å². The summed E-state index contributed by atoms with van der Waals surface area (Å²) in [5, 5.41) is 7.29. The summed E-state index contributed by atoms with van der Waals surface area (Å²) >= 11 is 3.27. The van der Waals surface area contributed by atoms with Crippen LogP contribution >= 0.6 is 15.9 Å². The number of rotatable bonds is 4. The van der Waals surface area contributed by atoms with Gasteiger partial charge in [-0.3, -0.25) is 9.59 Å². The molecule has 0 aliphatic carbocycles. The average molecular weight is 360 g/mol. The van der Waals surface area contributed by atoms with Gasteiger partial charge in [-0.05, 0) is 35.7 Å². The summed E-state index contributed by atoms with van der Waals surface area (Å²) in [5.74, 6) is -0.518. The van der Waals surface area contributed by atoms with Crippen molar-refractivity contribution >= 4 is 27.6 Å². The Labute approximate surface area is 130 Å². The van der Waals surface area contributed by atoms with Crippen LogP contribution in [0.2, 0.25) is 0 Å². The summed E-state index contributed by atoms with van der Waals surface area (Å²) in [6, 6.07) is 0.239. The number of aromatic nitrogens is 2. The molecule has 1 aliphatic heterocycles. The first-order chi connectivity index (χ1) is 10.0. The van der Waals surface area contributed by atoms with Crippen molar-refractivity contribution in [3.8, 4) is 0 Å². The minimum absolute atomic E-state index is 0.197. The Kier molecular flexibility index (Phi) is 5.35. The van der Waals surface area contributed by atoms with Crippen molar-refractivity contribution < 1.29 is 14.3 Å². The summed E-state index contributed by atoms with van der Waals surface area (Å²) in [5.41, 5.74) is 0.255. The van der Waals surface area contributed by atoms with Crippen molar-refractivity contribution in [1.82, 2.24) is 9.78 Å². The first-order valence-corrected chi connectivity index (χ1v) is 7.51. The van der Waals surface area contributed by atoms with Gasteiger partial charge in [0.2, 0.25) is 0 Å². The van der Waals surface area contributed by atoms with Gasteiger partial charge in [0.25, 0.3) is 5.56 Å².